The van der Waals surface area contributed by atoms with Crippen molar-refractivity contribution in [3.63, 3.8) is 0 Å². The van der Waals surface area contributed by atoms with Crippen molar-refractivity contribution in [1.29, 1.82) is 0 Å². The number of carbonyl (C=O) groups is 2. The molecule has 56 heavy (non-hydrogen) atoms. The molecule has 9 nitrogen and oxygen atoms in total. The van der Waals surface area contributed by atoms with Crippen LogP contribution in [0.15, 0.2) is 97.2 Å². The third-order valence-corrected chi connectivity index (χ3v) is 9.23. The van der Waals surface area contributed by atoms with Gasteiger partial charge in [0.25, 0.3) is 0 Å². The van der Waals surface area contributed by atoms with Gasteiger partial charge in [-0.3, -0.25) is 18.6 Å². The molecule has 3 N–H and O–H groups in total. The molecule has 0 aromatic heterocycles. The number of phosphoric acid groups is 1. The quantitative estimate of drug-likeness (QED) is 0.0243. The van der Waals surface area contributed by atoms with Crippen LogP contribution in [0.1, 0.15) is 149 Å². The van der Waals surface area contributed by atoms with Gasteiger partial charge in [-0.2, -0.15) is 0 Å². The maximum atomic E-state index is 12.1. The van der Waals surface area contributed by atoms with E-state index in [1.54, 1.807) is 0 Å². The van der Waals surface area contributed by atoms with Crippen LogP contribution in [-0.2, 0) is 27.9 Å². The van der Waals surface area contributed by atoms with Gasteiger partial charge >= 0.3 is 13.8 Å². The molecule has 0 aromatic rings. The topological polar surface area (TPSA) is 131 Å². The number of hydrogen-bond acceptors (Lipinski definition) is 7. The lowest BCUT2D eigenvalue weighted by atomic mass is 10.1. The molecule has 0 aromatic carbocycles. The van der Waals surface area contributed by atoms with Gasteiger partial charge in [-0.15, -0.1) is 0 Å². The summed E-state index contributed by atoms with van der Waals surface area (Å²) in [6.45, 7) is 3.30. The number of phosphoric ester groups is 1. The molecular formula is C46H76NO8P. The fraction of sp³-hybridized carbons (Fsp3) is 0.609. The van der Waals surface area contributed by atoms with E-state index in [2.05, 4.69) is 116 Å². The Labute approximate surface area is 340 Å². The maximum absolute atomic E-state index is 12.1. The highest BCUT2D eigenvalue weighted by atomic mass is 31.2. The highest BCUT2D eigenvalue weighted by molar-refractivity contribution is 7.47. The number of amides is 1. The summed E-state index contributed by atoms with van der Waals surface area (Å²) < 4.78 is 26.8. The van der Waals surface area contributed by atoms with E-state index in [1.807, 2.05) is 0 Å². The molecule has 0 saturated carbocycles. The maximum Gasteiger partial charge on any atom is 0.472 e. The molecule has 0 rings (SSSR count). The zero-order valence-corrected chi connectivity index (χ0v) is 35.7. The van der Waals surface area contributed by atoms with Crippen molar-refractivity contribution >= 4 is 19.7 Å². The van der Waals surface area contributed by atoms with Crippen LogP contribution in [0.4, 0.5) is 0 Å². The number of aliphatic hydroxyl groups excluding tert-OH is 1. The third-order valence-electron chi connectivity index (χ3n) is 8.25. The van der Waals surface area contributed by atoms with Gasteiger partial charge in [0.1, 0.15) is 12.7 Å². The van der Waals surface area contributed by atoms with Crippen LogP contribution in [0, 0.1) is 0 Å². The van der Waals surface area contributed by atoms with E-state index in [1.165, 1.54) is 19.3 Å². The Bertz CT molecular complexity index is 1230. The lowest BCUT2D eigenvalue weighted by molar-refractivity contribution is -0.147. The summed E-state index contributed by atoms with van der Waals surface area (Å²) in [4.78, 5) is 33.9. The summed E-state index contributed by atoms with van der Waals surface area (Å²) in [5.41, 5.74) is 0. The Hall–Kier alpha value is -3.07. The van der Waals surface area contributed by atoms with E-state index < -0.39 is 26.5 Å². The largest absolute Gasteiger partial charge is 0.472 e. The Morgan fingerprint density at radius 3 is 1.55 bits per heavy atom. The van der Waals surface area contributed by atoms with Crippen LogP contribution in [0.3, 0.4) is 0 Å². The van der Waals surface area contributed by atoms with E-state index in [0.29, 0.717) is 12.8 Å². The molecule has 2 atom stereocenters. The van der Waals surface area contributed by atoms with E-state index in [-0.39, 0.29) is 32.1 Å². The molecule has 10 heteroatoms. The lowest BCUT2D eigenvalue weighted by Gasteiger charge is -2.15. The van der Waals surface area contributed by atoms with Crippen LogP contribution in [0.25, 0.3) is 0 Å². The Kier molecular flexibility index (Phi) is 39.3. The molecule has 0 spiro atoms. The van der Waals surface area contributed by atoms with Gasteiger partial charge in [0.05, 0.1) is 13.2 Å². The number of hydrogen-bond donors (Lipinski definition) is 3. The van der Waals surface area contributed by atoms with Gasteiger partial charge in [0.2, 0.25) is 5.91 Å². The monoisotopic (exact) mass is 802 g/mol. The van der Waals surface area contributed by atoms with Gasteiger partial charge in [0, 0.05) is 19.4 Å². The molecule has 0 aliphatic carbocycles. The van der Waals surface area contributed by atoms with Gasteiger partial charge in [-0.1, -0.05) is 143 Å². The molecule has 0 heterocycles. The number of nitrogens with one attached hydrogen (secondary N) is 1. The first-order valence-corrected chi connectivity index (χ1v) is 22.7. The van der Waals surface area contributed by atoms with E-state index in [9.17, 15) is 24.2 Å². The number of esters is 1. The molecule has 0 aliphatic heterocycles. The van der Waals surface area contributed by atoms with E-state index in [0.717, 1.165) is 96.3 Å². The van der Waals surface area contributed by atoms with Gasteiger partial charge in [0.15, 0.2) is 0 Å². The van der Waals surface area contributed by atoms with Crippen molar-refractivity contribution in [1.82, 2.24) is 5.32 Å². The number of aliphatic hydroxyl groups is 1. The Morgan fingerprint density at radius 1 is 0.571 bits per heavy atom. The second-order valence-corrected chi connectivity index (χ2v) is 15.0. The third kappa shape index (κ3) is 42.1. The molecular weight excluding hydrogens is 725 g/mol. The van der Waals surface area contributed by atoms with Crippen LogP contribution in [0.5, 0.6) is 0 Å². The van der Waals surface area contributed by atoms with Crippen molar-refractivity contribution in [3.8, 4) is 0 Å². The molecule has 0 bridgehead atoms. The number of unbranched alkanes of at least 4 members (excludes halogenated alkanes) is 9. The summed E-state index contributed by atoms with van der Waals surface area (Å²) in [6, 6.07) is 0. The molecule has 0 aliphatic rings. The Balaban J connectivity index is 3.74. The summed E-state index contributed by atoms with van der Waals surface area (Å²) in [5.74, 6) is -0.585. The minimum absolute atomic E-state index is 0.0626. The predicted molar refractivity (Wildman–Crippen MR) is 233 cm³/mol. The highest BCUT2D eigenvalue weighted by Gasteiger charge is 2.23. The molecule has 2 unspecified atom stereocenters. The molecule has 1 amide bonds. The highest BCUT2D eigenvalue weighted by Crippen LogP contribution is 2.42. The second-order valence-electron chi connectivity index (χ2n) is 13.6. The number of allylic oxidation sites excluding steroid dienone is 16. The first kappa shape index (κ1) is 52.9. The molecule has 0 fully saturated rings. The van der Waals surface area contributed by atoms with Gasteiger partial charge < -0.3 is 20.1 Å². The first-order chi connectivity index (χ1) is 27.3. The van der Waals surface area contributed by atoms with Crippen molar-refractivity contribution in [2.45, 2.75) is 155 Å². The predicted octanol–water partition coefficient (Wildman–Crippen LogP) is 11.8. The van der Waals surface area contributed by atoms with Crippen molar-refractivity contribution in [3.05, 3.63) is 97.2 Å². The minimum atomic E-state index is -4.44. The van der Waals surface area contributed by atoms with Crippen molar-refractivity contribution < 1.29 is 37.9 Å². The standard InChI is InChI=1S/C46H76NO8P/c1-3-5-7-9-11-13-15-17-19-20-21-22-23-24-25-27-29-31-33-35-37-39-46(50)53-42-44(48)43-55-56(51,52)54-41-40-47-45(49)38-36-34-32-30-28-26-18-16-14-12-10-8-6-4-2/h5,7,10-13,16-19,21-22,24-25,29,31,44,48H,3-4,6,8-9,14-15,20,23,26-28,30,32-43H2,1-2H3,(H,47,49)(H,51,52)/b7-5-,12-10-,13-11-,18-16-,19-17-,22-21-,25-24-,31-29-. The Morgan fingerprint density at radius 2 is 1.02 bits per heavy atom. The zero-order valence-electron chi connectivity index (χ0n) is 34.8. The van der Waals surface area contributed by atoms with Crippen LogP contribution < -0.4 is 5.32 Å². The lowest BCUT2D eigenvalue weighted by Crippen LogP contribution is -2.27. The SMILES string of the molecule is CC/C=C\C/C=C\C/C=C\C/C=C\C/C=C\C/C=C\CCCCC(=O)OCC(O)COP(=O)(O)OCCNC(=O)CCCCCCC/C=C\C/C=C\CCCC. The summed E-state index contributed by atoms with van der Waals surface area (Å²) in [5, 5.41) is 12.7. The number of carbonyl (C=O) groups excluding carboxylic acids is 2. The second kappa shape index (κ2) is 41.6. The van der Waals surface area contributed by atoms with Gasteiger partial charge in [-0.05, 0) is 89.9 Å². The molecule has 318 valence electrons. The normalized spacial score (nSPS) is 14.3. The van der Waals surface area contributed by atoms with Crippen molar-refractivity contribution in [2.75, 3.05) is 26.4 Å². The van der Waals surface area contributed by atoms with E-state index >= 15 is 0 Å². The van der Waals surface area contributed by atoms with Crippen LogP contribution in [0.2, 0.25) is 0 Å². The van der Waals surface area contributed by atoms with E-state index in [4.69, 9.17) is 13.8 Å². The van der Waals surface area contributed by atoms with Crippen LogP contribution >= 0.6 is 7.82 Å². The minimum Gasteiger partial charge on any atom is -0.463 e. The van der Waals surface area contributed by atoms with Gasteiger partial charge in [-0.25, -0.2) is 4.57 Å². The number of ether oxygens (including phenoxy) is 1. The average Bonchev–Trinajstić information content (AvgIpc) is 3.18. The first-order valence-electron chi connectivity index (χ1n) is 21.2. The number of rotatable bonds is 38. The van der Waals surface area contributed by atoms with Crippen molar-refractivity contribution in [2.24, 2.45) is 0 Å². The fourth-order valence-electron chi connectivity index (χ4n) is 5.04. The summed E-state index contributed by atoms with van der Waals surface area (Å²) in [6.07, 6.45) is 53.4. The smallest absolute Gasteiger partial charge is 0.463 e. The summed E-state index contributed by atoms with van der Waals surface area (Å²) in [7, 11) is -4.44. The fourth-order valence-corrected chi connectivity index (χ4v) is 5.80. The summed E-state index contributed by atoms with van der Waals surface area (Å²) >= 11 is 0. The van der Waals surface area contributed by atoms with Crippen LogP contribution in [-0.4, -0.2) is 54.3 Å². The molecule has 0 saturated heterocycles. The zero-order chi connectivity index (χ0) is 41.1. The molecule has 0 radical (unpaired) electrons. The average molecular weight is 802 g/mol.